The van der Waals surface area contributed by atoms with Crippen molar-refractivity contribution in [2.45, 2.75) is 19.3 Å². The van der Waals surface area contributed by atoms with Gasteiger partial charge in [-0.3, -0.25) is 4.79 Å². The number of hydrogen-bond acceptors (Lipinski definition) is 4. The van der Waals surface area contributed by atoms with Gasteiger partial charge in [0, 0.05) is 37.6 Å². The van der Waals surface area contributed by atoms with E-state index in [1.54, 1.807) is 11.9 Å². The summed E-state index contributed by atoms with van der Waals surface area (Å²) in [6, 6.07) is 21.8. The summed E-state index contributed by atoms with van der Waals surface area (Å²) >= 11 is 0. The maximum absolute atomic E-state index is 12.2. The van der Waals surface area contributed by atoms with E-state index in [1.807, 2.05) is 66.7 Å². The first kappa shape index (κ1) is 18.4. The second-order valence-electron chi connectivity index (χ2n) is 6.24. The lowest BCUT2D eigenvalue weighted by Gasteiger charge is -2.14. The smallest absolute Gasteiger partial charge is 0.222 e. The van der Waals surface area contributed by atoms with Crippen LogP contribution in [0.5, 0.6) is 0 Å². The lowest BCUT2D eigenvalue weighted by atomic mass is 10.1. The van der Waals surface area contributed by atoms with Crippen molar-refractivity contribution in [1.82, 2.24) is 9.88 Å². The Kier molecular flexibility index (Phi) is 6.01. The molecule has 0 atom stereocenters. The Balaban J connectivity index is 1.82. The Hall–Kier alpha value is -3.39. The summed E-state index contributed by atoms with van der Waals surface area (Å²) in [6.45, 7) is 0.436. The molecule has 0 N–H and O–H groups in total. The van der Waals surface area contributed by atoms with Gasteiger partial charge in [-0.1, -0.05) is 60.7 Å². The van der Waals surface area contributed by atoms with Gasteiger partial charge in [-0.25, -0.2) is 4.98 Å². The van der Waals surface area contributed by atoms with Gasteiger partial charge in [0.1, 0.15) is 5.69 Å². The van der Waals surface area contributed by atoms with Gasteiger partial charge in [-0.15, -0.1) is 0 Å². The van der Waals surface area contributed by atoms with Crippen LogP contribution in [0.4, 0.5) is 0 Å². The number of nitrogens with zero attached hydrogens (tertiary/aromatic N) is 3. The fourth-order valence-electron chi connectivity index (χ4n) is 2.80. The molecular weight excluding hydrogens is 338 g/mol. The Morgan fingerprint density at radius 2 is 1.70 bits per heavy atom. The molecule has 0 spiro atoms. The highest BCUT2D eigenvalue weighted by Gasteiger charge is 2.18. The molecule has 0 saturated heterocycles. The average molecular weight is 359 g/mol. The maximum atomic E-state index is 12.2. The molecule has 0 aliphatic carbocycles. The molecule has 2 aromatic carbocycles. The standard InChI is InChI=1S/C22H21N3O2/c1-25(16-8-15-23)20(26)14-13-19-24-21(17-9-4-2-5-10-17)22(27-19)18-11-6-3-7-12-18/h2-7,9-12H,8,13-14,16H2,1H3. The highest BCUT2D eigenvalue weighted by molar-refractivity contribution is 5.77. The molecule has 0 bridgehead atoms. The van der Waals surface area contributed by atoms with Crippen molar-refractivity contribution < 1.29 is 9.21 Å². The quantitative estimate of drug-likeness (QED) is 0.630. The number of benzene rings is 2. The lowest BCUT2D eigenvalue weighted by Crippen LogP contribution is -2.27. The molecule has 0 radical (unpaired) electrons. The van der Waals surface area contributed by atoms with Crippen LogP contribution in [-0.4, -0.2) is 29.4 Å². The van der Waals surface area contributed by atoms with Crippen LogP contribution in [0.3, 0.4) is 0 Å². The SMILES string of the molecule is CN(CCC#N)C(=O)CCc1nc(-c2ccccc2)c(-c2ccccc2)o1. The number of hydrogen-bond donors (Lipinski definition) is 0. The van der Waals surface area contributed by atoms with Crippen LogP contribution in [0, 0.1) is 11.3 Å². The Labute approximate surface area is 158 Å². The molecule has 0 aliphatic rings. The monoisotopic (exact) mass is 359 g/mol. The molecule has 1 heterocycles. The molecule has 0 aliphatic heterocycles. The van der Waals surface area contributed by atoms with Gasteiger partial charge >= 0.3 is 0 Å². The van der Waals surface area contributed by atoms with Gasteiger partial charge in [-0.05, 0) is 0 Å². The van der Waals surface area contributed by atoms with E-state index in [4.69, 9.17) is 9.68 Å². The largest absolute Gasteiger partial charge is 0.440 e. The Morgan fingerprint density at radius 3 is 2.33 bits per heavy atom. The zero-order chi connectivity index (χ0) is 19.1. The highest BCUT2D eigenvalue weighted by atomic mass is 16.4. The summed E-state index contributed by atoms with van der Waals surface area (Å²) in [7, 11) is 1.71. The van der Waals surface area contributed by atoms with Crippen molar-refractivity contribution in [1.29, 1.82) is 5.26 Å². The minimum absolute atomic E-state index is 0.0222. The van der Waals surface area contributed by atoms with Gasteiger partial charge in [0.05, 0.1) is 12.5 Å². The minimum atomic E-state index is -0.0222. The van der Waals surface area contributed by atoms with Gasteiger partial charge in [0.25, 0.3) is 0 Å². The summed E-state index contributed by atoms with van der Waals surface area (Å²) in [5.74, 6) is 1.22. The molecular formula is C22H21N3O2. The summed E-state index contributed by atoms with van der Waals surface area (Å²) in [6.07, 6.45) is 1.05. The van der Waals surface area contributed by atoms with Crippen LogP contribution in [0.1, 0.15) is 18.7 Å². The first-order valence-corrected chi connectivity index (χ1v) is 8.90. The van der Waals surface area contributed by atoms with Crippen LogP contribution in [0.2, 0.25) is 0 Å². The number of nitriles is 1. The summed E-state index contributed by atoms with van der Waals surface area (Å²) in [5, 5.41) is 8.64. The van der Waals surface area contributed by atoms with Crippen molar-refractivity contribution in [2.75, 3.05) is 13.6 Å². The first-order valence-electron chi connectivity index (χ1n) is 8.90. The van der Waals surface area contributed by atoms with Crippen molar-refractivity contribution >= 4 is 5.91 Å². The van der Waals surface area contributed by atoms with E-state index in [1.165, 1.54) is 0 Å². The molecule has 0 unspecified atom stereocenters. The molecule has 136 valence electrons. The summed E-state index contributed by atoms with van der Waals surface area (Å²) in [4.78, 5) is 18.4. The first-order chi connectivity index (χ1) is 13.2. The zero-order valence-electron chi connectivity index (χ0n) is 15.3. The van der Waals surface area contributed by atoms with Crippen molar-refractivity contribution in [3.05, 3.63) is 66.6 Å². The highest BCUT2D eigenvalue weighted by Crippen LogP contribution is 2.32. The topological polar surface area (TPSA) is 70.1 Å². The zero-order valence-corrected chi connectivity index (χ0v) is 15.3. The van der Waals surface area contributed by atoms with Crippen LogP contribution in [0.25, 0.3) is 22.6 Å². The van der Waals surface area contributed by atoms with E-state index in [2.05, 4.69) is 4.98 Å². The predicted octanol–water partition coefficient (Wildman–Crippen LogP) is 4.31. The second kappa shape index (κ2) is 8.81. The molecule has 3 aromatic rings. The van der Waals surface area contributed by atoms with E-state index in [0.29, 0.717) is 37.5 Å². The molecule has 3 rings (SSSR count). The van der Waals surface area contributed by atoms with E-state index in [9.17, 15) is 4.79 Å². The van der Waals surface area contributed by atoms with Crippen molar-refractivity contribution in [3.8, 4) is 28.7 Å². The number of aromatic nitrogens is 1. The van der Waals surface area contributed by atoms with Crippen LogP contribution < -0.4 is 0 Å². The van der Waals surface area contributed by atoms with E-state index < -0.39 is 0 Å². The van der Waals surface area contributed by atoms with Gasteiger partial charge in [0.15, 0.2) is 11.7 Å². The minimum Gasteiger partial charge on any atom is -0.440 e. The lowest BCUT2D eigenvalue weighted by molar-refractivity contribution is -0.129. The summed E-state index contributed by atoms with van der Waals surface area (Å²) < 4.78 is 6.03. The van der Waals surface area contributed by atoms with E-state index in [-0.39, 0.29) is 5.91 Å². The average Bonchev–Trinajstić information content (AvgIpc) is 3.16. The number of oxazole rings is 1. The number of carbonyl (C=O) groups excluding carboxylic acids is 1. The summed E-state index contributed by atoms with van der Waals surface area (Å²) in [5.41, 5.74) is 2.71. The maximum Gasteiger partial charge on any atom is 0.222 e. The van der Waals surface area contributed by atoms with Crippen molar-refractivity contribution in [3.63, 3.8) is 0 Å². The van der Waals surface area contributed by atoms with Gasteiger partial charge in [-0.2, -0.15) is 5.26 Å². The molecule has 0 saturated carbocycles. The number of amides is 1. The van der Waals surface area contributed by atoms with Crippen molar-refractivity contribution in [2.24, 2.45) is 0 Å². The third-order valence-electron chi connectivity index (χ3n) is 4.29. The molecule has 5 heteroatoms. The predicted molar refractivity (Wildman–Crippen MR) is 104 cm³/mol. The fourth-order valence-corrected chi connectivity index (χ4v) is 2.80. The van der Waals surface area contributed by atoms with Crippen LogP contribution >= 0.6 is 0 Å². The van der Waals surface area contributed by atoms with Crippen LogP contribution in [-0.2, 0) is 11.2 Å². The Bertz CT molecular complexity index is 870. The normalized spacial score (nSPS) is 10.4. The molecule has 0 fully saturated rings. The molecule has 27 heavy (non-hydrogen) atoms. The second-order valence-corrected chi connectivity index (χ2v) is 6.24. The van der Waals surface area contributed by atoms with Gasteiger partial charge in [0.2, 0.25) is 5.91 Å². The fraction of sp³-hybridized carbons (Fsp3) is 0.227. The number of aryl methyl sites for hydroxylation is 1. The van der Waals surface area contributed by atoms with E-state index >= 15 is 0 Å². The third-order valence-corrected chi connectivity index (χ3v) is 4.29. The third kappa shape index (κ3) is 4.62. The Morgan fingerprint density at radius 1 is 1.07 bits per heavy atom. The van der Waals surface area contributed by atoms with Crippen LogP contribution in [0.15, 0.2) is 65.1 Å². The number of rotatable bonds is 7. The molecule has 5 nitrogen and oxygen atoms in total. The molecule has 1 aromatic heterocycles. The molecule has 1 amide bonds. The van der Waals surface area contributed by atoms with E-state index in [0.717, 1.165) is 16.8 Å². The number of carbonyl (C=O) groups is 1. The van der Waals surface area contributed by atoms with Gasteiger partial charge < -0.3 is 9.32 Å².